The average Bonchev–Trinajstić information content (AvgIpc) is 3.61. The van der Waals surface area contributed by atoms with E-state index in [0.717, 1.165) is 29.1 Å². The van der Waals surface area contributed by atoms with Crippen molar-refractivity contribution >= 4 is 50.6 Å². The van der Waals surface area contributed by atoms with Gasteiger partial charge in [0.1, 0.15) is 5.82 Å². The second-order valence-corrected chi connectivity index (χ2v) is 10.2. The van der Waals surface area contributed by atoms with Crippen LogP contribution >= 0.6 is 11.3 Å². The first-order valence-electron chi connectivity index (χ1n) is 12.3. The van der Waals surface area contributed by atoms with Gasteiger partial charge in [-0.25, -0.2) is 4.98 Å². The van der Waals surface area contributed by atoms with E-state index in [9.17, 15) is 18.0 Å². The van der Waals surface area contributed by atoms with Gasteiger partial charge in [0.05, 0.1) is 21.3 Å². The van der Waals surface area contributed by atoms with Crippen LogP contribution in [0.1, 0.15) is 28.8 Å². The van der Waals surface area contributed by atoms with Crippen LogP contribution in [0.25, 0.3) is 10.2 Å². The number of alkyl halides is 3. The van der Waals surface area contributed by atoms with Crippen molar-refractivity contribution in [3.63, 3.8) is 0 Å². The van der Waals surface area contributed by atoms with Crippen LogP contribution in [-0.2, 0) is 6.18 Å². The minimum atomic E-state index is -4.56. The number of nitrogens with zero attached hydrogens (tertiary/aromatic N) is 5. The first-order chi connectivity index (χ1) is 18.3. The fourth-order valence-electron chi connectivity index (χ4n) is 4.51. The second kappa shape index (κ2) is 9.75. The summed E-state index contributed by atoms with van der Waals surface area (Å²) in [6.07, 6.45) is 0.659. The molecule has 1 aromatic carbocycles. The molecule has 1 saturated carbocycles. The molecule has 0 bridgehead atoms. The molecule has 2 N–H and O–H groups in total. The Morgan fingerprint density at radius 3 is 2.58 bits per heavy atom. The van der Waals surface area contributed by atoms with Gasteiger partial charge < -0.3 is 20.4 Å². The summed E-state index contributed by atoms with van der Waals surface area (Å²) in [6, 6.07) is 9.77. The number of hydrogen-bond donors (Lipinski definition) is 2. The monoisotopic (exact) mass is 539 g/mol. The molecule has 6 rings (SSSR count). The maximum absolute atomic E-state index is 14.2. The molecule has 196 valence electrons. The number of pyridine rings is 1. The van der Waals surface area contributed by atoms with Crippen molar-refractivity contribution in [2.75, 3.05) is 41.7 Å². The molecule has 0 radical (unpaired) electrons. The third-order valence-electron chi connectivity index (χ3n) is 6.60. The highest BCUT2D eigenvalue weighted by Crippen LogP contribution is 2.39. The number of benzene rings is 1. The van der Waals surface area contributed by atoms with E-state index < -0.39 is 11.7 Å². The standard InChI is InChI=1S/C26H24F3N7OS/c27-26(28,29)19-14-18(32-25-33-20-7-13-38-22(20)23(34-25)31-17-3-4-17)5-6-21(19)35-9-11-36(12-10-35)24(37)16-2-1-8-30-15-16/h1-2,5-8,13-15,17H,3-4,9-12H2,(H2,31,32,33,34). The average molecular weight is 540 g/mol. The fraction of sp³-hybridized carbons (Fsp3) is 0.308. The summed E-state index contributed by atoms with van der Waals surface area (Å²) in [4.78, 5) is 29.0. The summed E-state index contributed by atoms with van der Waals surface area (Å²) in [5, 5.41) is 8.27. The van der Waals surface area contributed by atoms with Crippen molar-refractivity contribution in [1.82, 2.24) is 19.9 Å². The molecule has 0 unspecified atom stereocenters. The number of rotatable bonds is 6. The summed E-state index contributed by atoms with van der Waals surface area (Å²) in [5.74, 6) is 0.760. The summed E-state index contributed by atoms with van der Waals surface area (Å²) in [7, 11) is 0. The van der Waals surface area contributed by atoms with E-state index in [4.69, 9.17) is 0 Å². The lowest BCUT2D eigenvalue weighted by Gasteiger charge is -2.37. The van der Waals surface area contributed by atoms with Gasteiger partial charge >= 0.3 is 6.18 Å². The highest BCUT2D eigenvalue weighted by Gasteiger charge is 2.36. The molecular weight excluding hydrogens is 515 g/mol. The van der Waals surface area contributed by atoms with Crippen molar-refractivity contribution in [3.05, 3.63) is 65.3 Å². The molecular formula is C26H24F3N7OS. The Balaban J connectivity index is 1.21. The molecule has 12 heteroatoms. The summed E-state index contributed by atoms with van der Waals surface area (Å²) >= 11 is 1.53. The van der Waals surface area contributed by atoms with Crippen molar-refractivity contribution in [1.29, 1.82) is 0 Å². The Bertz CT molecular complexity index is 1460. The number of carbonyl (C=O) groups is 1. The molecule has 0 atom stereocenters. The quantitative estimate of drug-likeness (QED) is 0.340. The SMILES string of the molecule is O=C(c1cccnc1)N1CCN(c2ccc(Nc3nc(NC4CC4)c4sccc4n3)cc2C(F)(F)F)CC1. The predicted octanol–water partition coefficient (Wildman–Crippen LogP) is 5.39. The van der Waals surface area contributed by atoms with E-state index in [0.29, 0.717) is 30.5 Å². The van der Waals surface area contributed by atoms with E-state index in [2.05, 4.69) is 25.6 Å². The number of hydrogen-bond acceptors (Lipinski definition) is 8. The van der Waals surface area contributed by atoms with Crippen LogP contribution < -0.4 is 15.5 Å². The number of carbonyl (C=O) groups excluding carboxylic acids is 1. The van der Waals surface area contributed by atoms with Gasteiger partial charge in [-0.3, -0.25) is 9.78 Å². The third kappa shape index (κ3) is 5.08. The molecule has 38 heavy (non-hydrogen) atoms. The number of aromatic nitrogens is 3. The Morgan fingerprint density at radius 1 is 1.05 bits per heavy atom. The lowest BCUT2D eigenvalue weighted by atomic mass is 10.1. The lowest BCUT2D eigenvalue weighted by Crippen LogP contribution is -2.49. The van der Waals surface area contributed by atoms with E-state index in [-0.39, 0.29) is 36.3 Å². The zero-order valence-corrected chi connectivity index (χ0v) is 21.0. The van der Waals surface area contributed by atoms with E-state index >= 15 is 0 Å². The number of fused-ring (bicyclic) bond motifs is 1. The normalized spacial score (nSPS) is 16.1. The van der Waals surface area contributed by atoms with Gasteiger partial charge in [-0.15, -0.1) is 11.3 Å². The Hall–Kier alpha value is -3.93. The van der Waals surface area contributed by atoms with Crippen molar-refractivity contribution in [2.45, 2.75) is 25.1 Å². The molecule has 2 aliphatic rings. The van der Waals surface area contributed by atoms with Crippen LogP contribution in [0, 0.1) is 0 Å². The number of halogens is 3. The maximum Gasteiger partial charge on any atom is 0.418 e. The molecule has 1 saturated heterocycles. The van der Waals surface area contributed by atoms with Crippen LogP contribution in [-0.4, -0.2) is 58.0 Å². The lowest BCUT2D eigenvalue weighted by molar-refractivity contribution is -0.137. The van der Waals surface area contributed by atoms with E-state index in [1.807, 2.05) is 11.4 Å². The number of anilines is 4. The number of nitrogens with one attached hydrogen (secondary N) is 2. The number of amides is 1. The third-order valence-corrected chi connectivity index (χ3v) is 7.51. The predicted molar refractivity (Wildman–Crippen MR) is 141 cm³/mol. The maximum atomic E-state index is 14.2. The Morgan fingerprint density at radius 2 is 1.87 bits per heavy atom. The van der Waals surface area contributed by atoms with Crippen LogP contribution in [0.5, 0.6) is 0 Å². The van der Waals surface area contributed by atoms with Gasteiger partial charge in [-0.1, -0.05) is 0 Å². The fourth-order valence-corrected chi connectivity index (χ4v) is 5.29. The molecule has 8 nitrogen and oxygen atoms in total. The minimum absolute atomic E-state index is 0.0850. The molecule has 0 spiro atoms. The van der Waals surface area contributed by atoms with E-state index in [1.54, 1.807) is 34.2 Å². The summed E-state index contributed by atoms with van der Waals surface area (Å²) in [5.41, 5.74) is 0.787. The molecule has 4 aromatic rings. The van der Waals surface area contributed by atoms with Gasteiger partial charge in [0.25, 0.3) is 5.91 Å². The first-order valence-corrected chi connectivity index (χ1v) is 13.2. The molecule has 3 aromatic heterocycles. The second-order valence-electron chi connectivity index (χ2n) is 9.33. The highest BCUT2D eigenvalue weighted by molar-refractivity contribution is 7.17. The van der Waals surface area contributed by atoms with Crippen molar-refractivity contribution in [2.24, 2.45) is 0 Å². The van der Waals surface area contributed by atoms with Crippen LogP contribution in [0.15, 0.2) is 54.2 Å². The van der Waals surface area contributed by atoms with E-state index in [1.165, 1.54) is 23.6 Å². The zero-order chi connectivity index (χ0) is 26.3. The van der Waals surface area contributed by atoms with Crippen molar-refractivity contribution < 1.29 is 18.0 Å². The van der Waals surface area contributed by atoms with Crippen LogP contribution in [0.2, 0.25) is 0 Å². The summed E-state index contributed by atoms with van der Waals surface area (Å²) in [6.45, 7) is 1.21. The zero-order valence-electron chi connectivity index (χ0n) is 20.2. The van der Waals surface area contributed by atoms with Gasteiger partial charge in [0, 0.05) is 56.0 Å². The highest BCUT2D eigenvalue weighted by atomic mass is 32.1. The minimum Gasteiger partial charge on any atom is -0.367 e. The smallest absolute Gasteiger partial charge is 0.367 e. The van der Waals surface area contributed by atoms with Crippen molar-refractivity contribution in [3.8, 4) is 0 Å². The van der Waals surface area contributed by atoms with Gasteiger partial charge in [-0.05, 0) is 54.6 Å². The largest absolute Gasteiger partial charge is 0.418 e. The number of thiophene rings is 1. The molecule has 2 fully saturated rings. The molecule has 1 amide bonds. The number of piperazine rings is 1. The van der Waals surface area contributed by atoms with Gasteiger partial charge in [0.2, 0.25) is 5.95 Å². The molecule has 4 heterocycles. The Kier molecular flexibility index (Phi) is 6.26. The Labute approximate surface area is 220 Å². The van der Waals surface area contributed by atoms with Crippen LogP contribution in [0.3, 0.4) is 0 Å². The molecule has 1 aliphatic carbocycles. The molecule has 1 aliphatic heterocycles. The van der Waals surface area contributed by atoms with Gasteiger partial charge in [-0.2, -0.15) is 18.2 Å². The van der Waals surface area contributed by atoms with Gasteiger partial charge in [0.15, 0.2) is 0 Å². The first kappa shape index (κ1) is 24.4. The topological polar surface area (TPSA) is 86.3 Å². The summed E-state index contributed by atoms with van der Waals surface area (Å²) < 4.78 is 43.4. The van der Waals surface area contributed by atoms with Crippen LogP contribution in [0.4, 0.5) is 36.3 Å².